The average Bonchev–Trinajstić information content (AvgIpc) is 2.84. The van der Waals surface area contributed by atoms with Gasteiger partial charge in [0.05, 0.1) is 16.6 Å². The largest absolute Gasteiger partial charge is 0.381 e. The molecule has 2 heterocycles. The number of nitrogens with zero attached hydrogens (tertiary/aromatic N) is 3. The SMILES string of the molecule is CCN(CC)CCNc1cc2nc3n(c(=O)c2cc1F)CCC/C3=C\c1ccc(C(C)C)cc1. The van der Waals surface area contributed by atoms with Crippen molar-refractivity contribution in [2.75, 3.05) is 31.5 Å². The van der Waals surface area contributed by atoms with Crippen molar-refractivity contribution in [1.82, 2.24) is 14.5 Å². The van der Waals surface area contributed by atoms with Crippen LogP contribution in [0.3, 0.4) is 0 Å². The van der Waals surface area contributed by atoms with E-state index < -0.39 is 5.82 Å². The van der Waals surface area contributed by atoms with Crippen molar-refractivity contribution < 1.29 is 4.39 Å². The zero-order chi connectivity index (χ0) is 24.2. The van der Waals surface area contributed by atoms with Crippen LogP contribution >= 0.6 is 0 Å². The molecular weight excluding hydrogens is 427 g/mol. The number of allylic oxidation sites excluding steroid dienone is 1. The van der Waals surface area contributed by atoms with Gasteiger partial charge in [-0.05, 0) is 66.8 Å². The smallest absolute Gasteiger partial charge is 0.261 e. The third kappa shape index (κ3) is 5.07. The Kier molecular flexibility index (Phi) is 7.47. The highest BCUT2D eigenvalue weighted by Crippen LogP contribution is 2.29. The van der Waals surface area contributed by atoms with E-state index in [-0.39, 0.29) is 5.56 Å². The zero-order valence-electron chi connectivity index (χ0n) is 20.7. The Morgan fingerprint density at radius 1 is 1.18 bits per heavy atom. The van der Waals surface area contributed by atoms with Crippen LogP contribution in [0.2, 0.25) is 0 Å². The predicted octanol–water partition coefficient (Wildman–Crippen LogP) is 5.75. The molecule has 1 aliphatic rings. The number of fused-ring (bicyclic) bond motifs is 2. The second-order valence-electron chi connectivity index (χ2n) is 9.29. The maximum absolute atomic E-state index is 14.8. The lowest BCUT2D eigenvalue weighted by Gasteiger charge is -2.21. The highest BCUT2D eigenvalue weighted by molar-refractivity contribution is 5.86. The molecule has 0 atom stereocenters. The van der Waals surface area contributed by atoms with Gasteiger partial charge in [-0.25, -0.2) is 9.37 Å². The molecule has 4 rings (SSSR count). The fraction of sp³-hybridized carbons (Fsp3) is 0.429. The Hall–Kier alpha value is -2.99. The first-order chi connectivity index (χ1) is 16.4. The van der Waals surface area contributed by atoms with Gasteiger partial charge in [-0.1, -0.05) is 52.0 Å². The third-order valence-electron chi connectivity index (χ3n) is 6.74. The Morgan fingerprint density at radius 2 is 1.91 bits per heavy atom. The van der Waals surface area contributed by atoms with E-state index in [1.807, 2.05) is 0 Å². The molecule has 1 N–H and O–H groups in total. The Labute approximate surface area is 201 Å². The van der Waals surface area contributed by atoms with E-state index in [1.54, 1.807) is 10.6 Å². The number of rotatable bonds is 8. The number of hydrogen-bond donors (Lipinski definition) is 1. The molecule has 5 nitrogen and oxygen atoms in total. The maximum atomic E-state index is 14.8. The van der Waals surface area contributed by atoms with Gasteiger partial charge in [-0.3, -0.25) is 9.36 Å². The zero-order valence-corrected chi connectivity index (χ0v) is 20.7. The molecule has 1 aromatic heterocycles. The minimum atomic E-state index is -0.414. The second kappa shape index (κ2) is 10.5. The van der Waals surface area contributed by atoms with Gasteiger partial charge in [0.15, 0.2) is 0 Å². The lowest BCUT2D eigenvalue weighted by atomic mass is 9.98. The van der Waals surface area contributed by atoms with E-state index in [9.17, 15) is 9.18 Å². The molecule has 2 aromatic carbocycles. The van der Waals surface area contributed by atoms with Gasteiger partial charge in [0.2, 0.25) is 0 Å². The Bertz CT molecular complexity index is 1240. The van der Waals surface area contributed by atoms with Crippen LogP contribution in [0.15, 0.2) is 41.2 Å². The minimum absolute atomic E-state index is 0.172. The van der Waals surface area contributed by atoms with Crippen LogP contribution in [-0.4, -0.2) is 40.6 Å². The summed E-state index contributed by atoms with van der Waals surface area (Å²) in [5.74, 6) is 0.764. The fourth-order valence-electron chi connectivity index (χ4n) is 4.57. The van der Waals surface area contributed by atoms with Crippen LogP contribution in [0.4, 0.5) is 10.1 Å². The van der Waals surface area contributed by atoms with Crippen LogP contribution in [0.5, 0.6) is 0 Å². The van der Waals surface area contributed by atoms with E-state index in [1.165, 1.54) is 11.6 Å². The highest BCUT2D eigenvalue weighted by Gasteiger charge is 2.20. The van der Waals surface area contributed by atoms with E-state index in [0.717, 1.165) is 43.6 Å². The molecule has 0 radical (unpaired) electrons. The molecule has 6 heteroatoms. The van der Waals surface area contributed by atoms with Gasteiger partial charge >= 0.3 is 0 Å². The van der Waals surface area contributed by atoms with Crippen molar-refractivity contribution in [2.24, 2.45) is 0 Å². The molecule has 0 saturated heterocycles. The molecule has 1 aliphatic heterocycles. The van der Waals surface area contributed by atoms with Crippen LogP contribution < -0.4 is 10.9 Å². The summed E-state index contributed by atoms with van der Waals surface area (Å²) in [7, 11) is 0. The summed E-state index contributed by atoms with van der Waals surface area (Å²) in [5, 5.41) is 3.52. The summed E-state index contributed by atoms with van der Waals surface area (Å²) in [6.07, 6.45) is 3.85. The molecule has 0 amide bonds. The van der Waals surface area contributed by atoms with Gasteiger partial charge in [0.1, 0.15) is 11.6 Å². The number of nitrogens with one attached hydrogen (secondary N) is 1. The quantitative estimate of drug-likeness (QED) is 0.463. The summed E-state index contributed by atoms with van der Waals surface area (Å²) >= 11 is 0. The molecule has 0 bridgehead atoms. The first kappa shape index (κ1) is 24.1. The Balaban J connectivity index is 1.69. The van der Waals surface area contributed by atoms with E-state index in [4.69, 9.17) is 4.98 Å². The van der Waals surface area contributed by atoms with Crippen LogP contribution in [0.1, 0.15) is 63.4 Å². The summed E-state index contributed by atoms with van der Waals surface area (Å²) in [5.41, 5.74) is 4.19. The topological polar surface area (TPSA) is 50.2 Å². The van der Waals surface area contributed by atoms with Crippen LogP contribution in [0.25, 0.3) is 22.6 Å². The molecule has 3 aromatic rings. The van der Waals surface area contributed by atoms with Gasteiger partial charge in [0, 0.05) is 19.6 Å². The molecule has 0 aliphatic carbocycles. The van der Waals surface area contributed by atoms with E-state index in [0.29, 0.717) is 41.4 Å². The van der Waals surface area contributed by atoms with Gasteiger partial charge in [-0.2, -0.15) is 0 Å². The predicted molar refractivity (Wildman–Crippen MR) is 140 cm³/mol. The van der Waals surface area contributed by atoms with Gasteiger partial charge in [-0.15, -0.1) is 0 Å². The monoisotopic (exact) mass is 462 g/mol. The second-order valence-corrected chi connectivity index (χ2v) is 9.29. The third-order valence-corrected chi connectivity index (χ3v) is 6.74. The fourth-order valence-corrected chi connectivity index (χ4v) is 4.57. The van der Waals surface area contributed by atoms with E-state index in [2.05, 4.69) is 68.3 Å². The number of likely N-dealkylation sites (N-methyl/N-ethyl adjacent to an activating group) is 1. The summed E-state index contributed by atoms with van der Waals surface area (Å²) in [6.45, 7) is 12.6. The minimum Gasteiger partial charge on any atom is -0.381 e. The molecule has 0 fully saturated rings. The van der Waals surface area contributed by atoms with Crippen molar-refractivity contribution in [3.05, 3.63) is 69.5 Å². The molecule has 0 saturated carbocycles. The van der Waals surface area contributed by atoms with E-state index >= 15 is 0 Å². The number of hydrogen-bond acceptors (Lipinski definition) is 4. The van der Waals surface area contributed by atoms with Crippen LogP contribution in [-0.2, 0) is 6.54 Å². The number of aromatic nitrogens is 2. The maximum Gasteiger partial charge on any atom is 0.261 e. The molecule has 0 spiro atoms. The van der Waals surface area contributed by atoms with Crippen molar-refractivity contribution in [1.29, 1.82) is 0 Å². The molecule has 34 heavy (non-hydrogen) atoms. The molecule has 180 valence electrons. The standard InChI is InChI=1S/C28H35FN4O/c1-5-32(6-2)15-13-30-26-18-25-23(17-24(26)29)28(34)33-14-7-8-22(27(33)31-25)16-20-9-11-21(12-10-20)19(3)4/h9-12,16-19,30H,5-8,13-15H2,1-4H3/b22-16+. The Morgan fingerprint density at radius 3 is 2.59 bits per heavy atom. The summed E-state index contributed by atoms with van der Waals surface area (Å²) < 4.78 is 16.5. The van der Waals surface area contributed by atoms with Crippen molar-refractivity contribution >= 4 is 28.2 Å². The van der Waals surface area contributed by atoms with Gasteiger partial charge in [0.25, 0.3) is 5.56 Å². The summed E-state index contributed by atoms with van der Waals surface area (Å²) in [6, 6.07) is 11.6. The van der Waals surface area contributed by atoms with Gasteiger partial charge < -0.3 is 10.2 Å². The number of anilines is 1. The van der Waals surface area contributed by atoms with Crippen LogP contribution in [0, 0.1) is 5.82 Å². The van der Waals surface area contributed by atoms with Crippen molar-refractivity contribution in [3.63, 3.8) is 0 Å². The molecule has 0 unspecified atom stereocenters. The van der Waals surface area contributed by atoms with Crippen molar-refractivity contribution in [3.8, 4) is 0 Å². The lowest BCUT2D eigenvalue weighted by molar-refractivity contribution is 0.316. The average molecular weight is 463 g/mol. The van der Waals surface area contributed by atoms with Crippen molar-refractivity contribution in [2.45, 2.75) is 53.0 Å². The number of benzene rings is 2. The highest BCUT2D eigenvalue weighted by atomic mass is 19.1. The lowest BCUT2D eigenvalue weighted by Crippen LogP contribution is -2.29. The first-order valence-electron chi connectivity index (χ1n) is 12.4. The first-order valence-corrected chi connectivity index (χ1v) is 12.4. The summed E-state index contributed by atoms with van der Waals surface area (Å²) in [4.78, 5) is 20.4. The molecular formula is C28H35FN4O. The normalized spacial score (nSPS) is 14.9. The number of halogens is 1.